The van der Waals surface area contributed by atoms with Gasteiger partial charge in [0.25, 0.3) is 5.91 Å². The third-order valence-corrected chi connectivity index (χ3v) is 4.37. The Morgan fingerprint density at radius 3 is 2.75 bits per heavy atom. The second-order valence-electron chi connectivity index (χ2n) is 5.39. The van der Waals surface area contributed by atoms with Gasteiger partial charge in [-0.25, -0.2) is 4.98 Å². The summed E-state index contributed by atoms with van der Waals surface area (Å²) >= 11 is 1.36. The van der Waals surface area contributed by atoms with Crippen molar-refractivity contribution in [2.24, 2.45) is 0 Å². The van der Waals surface area contributed by atoms with E-state index in [0.29, 0.717) is 22.1 Å². The molecule has 0 aliphatic heterocycles. The number of thiazole rings is 1. The zero-order valence-corrected chi connectivity index (χ0v) is 14.7. The van der Waals surface area contributed by atoms with Crippen LogP contribution in [0.5, 0.6) is 5.75 Å². The predicted octanol–water partition coefficient (Wildman–Crippen LogP) is 3.98. The molecular formula is C17H17N3O3S. The van der Waals surface area contributed by atoms with E-state index in [2.05, 4.69) is 15.5 Å². The van der Waals surface area contributed by atoms with E-state index >= 15 is 0 Å². The van der Waals surface area contributed by atoms with E-state index in [9.17, 15) is 4.79 Å². The van der Waals surface area contributed by atoms with Crippen LogP contribution in [0.4, 0.5) is 5.13 Å². The molecule has 0 spiro atoms. The minimum atomic E-state index is -0.275. The largest absolute Gasteiger partial charge is 0.496 e. The summed E-state index contributed by atoms with van der Waals surface area (Å²) in [6.45, 7) is 5.45. The number of amides is 1. The number of methoxy groups -OCH3 is 1. The number of anilines is 1. The number of nitrogens with one attached hydrogen (secondary N) is 1. The lowest BCUT2D eigenvalue weighted by Gasteiger charge is -2.07. The van der Waals surface area contributed by atoms with Crippen molar-refractivity contribution in [2.45, 2.75) is 20.8 Å². The number of benzene rings is 1. The van der Waals surface area contributed by atoms with Gasteiger partial charge in [-0.15, -0.1) is 11.3 Å². The lowest BCUT2D eigenvalue weighted by molar-refractivity contribution is 0.102. The molecule has 7 heteroatoms. The van der Waals surface area contributed by atoms with Crippen LogP contribution in [0.25, 0.3) is 11.3 Å². The second kappa shape index (κ2) is 6.45. The molecule has 24 heavy (non-hydrogen) atoms. The third kappa shape index (κ3) is 3.03. The zero-order valence-electron chi connectivity index (χ0n) is 13.8. The van der Waals surface area contributed by atoms with Crippen LogP contribution >= 0.6 is 11.3 Å². The first-order valence-electron chi connectivity index (χ1n) is 7.34. The molecule has 1 aromatic carbocycles. The van der Waals surface area contributed by atoms with Crippen molar-refractivity contribution < 1.29 is 14.1 Å². The Morgan fingerprint density at radius 2 is 2.08 bits per heavy atom. The predicted molar refractivity (Wildman–Crippen MR) is 92.8 cm³/mol. The van der Waals surface area contributed by atoms with Gasteiger partial charge in [-0.2, -0.15) is 0 Å². The van der Waals surface area contributed by atoms with Gasteiger partial charge in [0, 0.05) is 10.9 Å². The highest BCUT2D eigenvalue weighted by Gasteiger charge is 2.19. The fraction of sp³-hybridized carbons (Fsp3) is 0.235. The lowest BCUT2D eigenvalue weighted by atomic mass is 10.1. The fourth-order valence-corrected chi connectivity index (χ4v) is 3.15. The number of aryl methyl sites for hydroxylation is 3. The summed E-state index contributed by atoms with van der Waals surface area (Å²) in [6, 6.07) is 5.90. The first kappa shape index (κ1) is 16.2. The minimum Gasteiger partial charge on any atom is -0.496 e. The maximum Gasteiger partial charge on any atom is 0.262 e. The highest BCUT2D eigenvalue weighted by Crippen LogP contribution is 2.33. The van der Waals surface area contributed by atoms with Crippen LogP contribution in [-0.2, 0) is 0 Å². The normalized spacial score (nSPS) is 10.7. The van der Waals surface area contributed by atoms with Gasteiger partial charge in [0.15, 0.2) is 5.13 Å². The van der Waals surface area contributed by atoms with Crippen molar-refractivity contribution >= 4 is 22.4 Å². The molecule has 3 rings (SSSR count). The Labute approximate surface area is 143 Å². The number of hydrogen-bond acceptors (Lipinski definition) is 6. The van der Waals surface area contributed by atoms with Crippen molar-refractivity contribution in [3.63, 3.8) is 0 Å². The van der Waals surface area contributed by atoms with Crippen LogP contribution in [-0.4, -0.2) is 23.2 Å². The Kier molecular flexibility index (Phi) is 4.35. The van der Waals surface area contributed by atoms with E-state index in [1.54, 1.807) is 21.0 Å². The Balaban J connectivity index is 1.87. The smallest absolute Gasteiger partial charge is 0.262 e. The van der Waals surface area contributed by atoms with Crippen molar-refractivity contribution in [3.05, 3.63) is 46.2 Å². The molecule has 0 fully saturated rings. The number of carbonyl (C=O) groups excluding carboxylic acids is 1. The molecule has 0 radical (unpaired) electrons. The molecule has 1 amide bonds. The molecule has 3 aromatic rings. The van der Waals surface area contributed by atoms with Gasteiger partial charge in [-0.1, -0.05) is 16.8 Å². The summed E-state index contributed by atoms with van der Waals surface area (Å²) in [5.41, 5.74) is 3.77. The number of ether oxygens (including phenoxy) is 1. The number of aromatic nitrogens is 2. The van der Waals surface area contributed by atoms with E-state index in [4.69, 9.17) is 9.26 Å². The van der Waals surface area contributed by atoms with Gasteiger partial charge in [-0.3, -0.25) is 10.1 Å². The molecule has 0 bridgehead atoms. The fourth-order valence-electron chi connectivity index (χ4n) is 2.44. The molecule has 0 aliphatic rings. The molecule has 0 saturated carbocycles. The van der Waals surface area contributed by atoms with E-state index in [-0.39, 0.29) is 5.91 Å². The number of carbonyl (C=O) groups is 1. The van der Waals surface area contributed by atoms with Gasteiger partial charge in [0.1, 0.15) is 17.1 Å². The Bertz CT molecular complexity index is 879. The van der Waals surface area contributed by atoms with E-state index in [0.717, 1.165) is 22.6 Å². The summed E-state index contributed by atoms with van der Waals surface area (Å²) in [5.74, 6) is 0.958. The molecular weight excluding hydrogens is 326 g/mol. The van der Waals surface area contributed by atoms with Crippen LogP contribution in [0.1, 0.15) is 27.4 Å². The third-order valence-electron chi connectivity index (χ3n) is 3.62. The van der Waals surface area contributed by atoms with Crippen LogP contribution in [0.2, 0.25) is 0 Å². The maximum absolute atomic E-state index is 12.4. The van der Waals surface area contributed by atoms with Gasteiger partial charge >= 0.3 is 0 Å². The maximum atomic E-state index is 12.4. The van der Waals surface area contributed by atoms with Crippen LogP contribution in [0.3, 0.4) is 0 Å². The van der Waals surface area contributed by atoms with Crippen LogP contribution < -0.4 is 10.1 Å². The molecule has 1 N–H and O–H groups in total. The monoisotopic (exact) mass is 343 g/mol. The van der Waals surface area contributed by atoms with Crippen molar-refractivity contribution in [1.29, 1.82) is 0 Å². The highest BCUT2D eigenvalue weighted by atomic mass is 32.1. The zero-order chi connectivity index (χ0) is 17.3. The molecule has 0 unspecified atom stereocenters. The minimum absolute atomic E-state index is 0.275. The number of nitrogens with zero attached hydrogens (tertiary/aromatic N) is 2. The summed E-state index contributed by atoms with van der Waals surface area (Å²) in [5, 5.41) is 8.99. The van der Waals surface area contributed by atoms with Crippen LogP contribution in [0.15, 0.2) is 28.1 Å². The summed E-state index contributed by atoms with van der Waals surface area (Å²) < 4.78 is 10.4. The Morgan fingerprint density at radius 1 is 1.29 bits per heavy atom. The van der Waals surface area contributed by atoms with Gasteiger partial charge in [0.05, 0.1) is 18.5 Å². The van der Waals surface area contributed by atoms with E-state index < -0.39 is 0 Å². The van der Waals surface area contributed by atoms with E-state index in [1.165, 1.54) is 11.3 Å². The Hall–Kier alpha value is -2.67. The summed E-state index contributed by atoms with van der Waals surface area (Å²) in [4.78, 5) is 16.9. The molecule has 0 atom stereocenters. The molecule has 0 saturated heterocycles. The van der Waals surface area contributed by atoms with Crippen molar-refractivity contribution in [2.75, 3.05) is 12.4 Å². The number of hydrogen-bond donors (Lipinski definition) is 1. The molecule has 2 heterocycles. The van der Waals surface area contributed by atoms with Crippen molar-refractivity contribution in [1.82, 2.24) is 10.1 Å². The van der Waals surface area contributed by atoms with E-state index in [1.807, 2.05) is 30.5 Å². The first-order chi connectivity index (χ1) is 11.5. The molecule has 124 valence electrons. The summed E-state index contributed by atoms with van der Waals surface area (Å²) in [6.07, 6.45) is 0. The number of rotatable bonds is 4. The quantitative estimate of drug-likeness (QED) is 0.775. The lowest BCUT2D eigenvalue weighted by Crippen LogP contribution is -2.13. The molecule has 2 aromatic heterocycles. The first-order valence-corrected chi connectivity index (χ1v) is 8.22. The SMILES string of the molecule is COc1ccc(C)cc1-c1csc(NC(=O)c2c(C)noc2C)n1. The molecule has 0 aliphatic carbocycles. The van der Waals surface area contributed by atoms with Gasteiger partial charge < -0.3 is 9.26 Å². The average molecular weight is 343 g/mol. The van der Waals surface area contributed by atoms with Gasteiger partial charge in [-0.05, 0) is 32.9 Å². The standard InChI is InChI=1S/C17H17N3O3S/c1-9-5-6-14(22-4)12(7-9)13-8-24-17(18-13)19-16(21)15-10(2)20-23-11(15)3/h5-8H,1-4H3,(H,18,19,21). The summed E-state index contributed by atoms with van der Waals surface area (Å²) in [7, 11) is 1.63. The van der Waals surface area contributed by atoms with Gasteiger partial charge in [0.2, 0.25) is 0 Å². The average Bonchev–Trinajstić information content (AvgIpc) is 3.14. The topological polar surface area (TPSA) is 77.2 Å². The highest BCUT2D eigenvalue weighted by molar-refractivity contribution is 7.14. The van der Waals surface area contributed by atoms with Crippen LogP contribution in [0, 0.1) is 20.8 Å². The van der Waals surface area contributed by atoms with Crippen molar-refractivity contribution in [3.8, 4) is 17.0 Å². The second-order valence-corrected chi connectivity index (χ2v) is 6.25. The molecule has 6 nitrogen and oxygen atoms in total.